The van der Waals surface area contributed by atoms with Crippen molar-refractivity contribution in [1.82, 2.24) is 5.32 Å². The Labute approximate surface area is 106 Å². The molecule has 0 amide bonds. The lowest BCUT2D eigenvalue weighted by atomic mass is 10.0. The Balaban J connectivity index is 1.76. The molecule has 0 radical (unpaired) electrons. The van der Waals surface area contributed by atoms with Crippen LogP contribution in [0.5, 0.6) is 0 Å². The number of carbonyl (C=O) groups is 2. The second kappa shape index (κ2) is 6.15. The van der Waals surface area contributed by atoms with Crippen molar-refractivity contribution in [3.05, 3.63) is 0 Å². The van der Waals surface area contributed by atoms with Crippen molar-refractivity contribution in [3.8, 4) is 0 Å². The van der Waals surface area contributed by atoms with Crippen LogP contribution in [0.4, 0.5) is 0 Å². The third-order valence-electron chi connectivity index (χ3n) is 3.41. The third-order valence-corrected chi connectivity index (χ3v) is 3.41. The van der Waals surface area contributed by atoms with Gasteiger partial charge < -0.3 is 19.5 Å². The molecule has 2 aliphatic heterocycles. The first-order valence-corrected chi connectivity index (χ1v) is 6.30. The largest absolute Gasteiger partial charge is 0.468 e. The van der Waals surface area contributed by atoms with Gasteiger partial charge in [-0.05, 0) is 12.8 Å². The van der Waals surface area contributed by atoms with E-state index in [2.05, 4.69) is 10.1 Å². The lowest BCUT2D eigenvalue weighted by Crippen LogP contribution is -2.31. The highest BCUT2D eigenvalue weighted by molar-refractivity contribution is 5.76. The fraction of sp³-hybridized carbons (Fsp3) is 0.833. The molecule has 0 saturated carbocycles. The van der Waals surface area contributed by atoms with E-state index >= 15 is 0 Å². The standard InChI is InChI=1S/C12H19NO5/c1-16-12(15)10-6-9(7-13-10)18-11(14)8-2-4-17-5-3-8/h8-10,13H,2-7H2,1H3/t9-,10-/m0/s1. The summed E-state index contributed by atoms with van der Waals surface area (Å²) in [5.74, 6) is -0.536. The molecule has 0 aromatic rings. The van der Waals surface area contributed by atoms with Crippen LogP contribution in [-0.4, -0.2) is 51.0 Å². The molecule has 0 spiro atoms. The second-order valence-corrected chi connectivity index (χ2v) is 4.67. The van der Waals surface area contributed by atoms with E-state index in [4.69, 9.17) is 9.47 Å². The van der Waals surface area contributed by atoms with Crippen molar-refractivity contribution in [2.45, 2.75) is 31.4 Å². The number of carbonyl (C=O) groups excluding carboxylic acids is 2. The summed E-state index contributed by atoms with van der Waals surface area (Å²) in [5.41, 5.74) is 0. The quantitative estimate of drug-likeness (QED) is 0.709. The second-order valence-electron chi connectivity index (χ2n) is 4.67. The summed E-state index contributed by atoms with van der Waals surface area (Å²) in [4.78, 5) is 23.2. The molecular formula is C12H19NO5. The highest BCUT2D eigenvalue weighted by Gasteiger charge is 2.34. The zero-order valence-electron chi connectivity index (χ0n) is 10.5. The Kier molecular flexibility index (Phi) is 4.54. The monoisotopic (exact) mass is 257 g/mol. The molecule has 102 valence electrons. The van der Waals surface area contributed by atoms with E-state index < -0.39 is 0 Å². The van der Waals surface area contributed by atoms with Gasteiger partial charge in [0.15, 0.2) is 0 Å². The van der Waals surface area contributed by atoms with Crippen molar-refractivity contribution in [2.24, 2.45) is 5.92 Å². The van der Waals surface area contributed by atoms with Gasteiger partial charge in [-0.2, -0.15) is 0 Å². The molecule has 0 aromatic carbocycles. The molecule has 0 aromatic heterocycles. The SMILES string of the molecule is COC(=O)[C@@H]1C[C@H](OC(=O)C2CCOCC2)CN1. The normalized spacial score (nSPS) is 28.9. The Morgan fingerprint density at radius 1 is 1.22 bits per heavy atom. The number of ether oxygens (including phenoxy) is 3. The van der Waals surface area contributed by atoms with E-state index in [1.165, 1.54) is 7.11 Å². The summed E-state index contributed by atoms with van der Waals surface area (Å²) in [7, 11) is 1.35. The minimum atomic E-state index is -0.359. The average molecular weight is 257 g/mol. The first-order chi connectivity index (χ1) is 8.70. The van der Waals surface area contributed by atoms with E-state index in [1.807, 2.05) is 0 Å². The van der Waals surface area contributed by atoms with E-state index in [1.54, 1.807) is 0 Å². The predicted octanol–water partition coefficient (Wildman–Crippen LogP) is -0.140. The molecule has 0 unspecified atom stereocenters. The molecular weight excluding hydrogens is 238 g/mol. The average Bonchev–Trinajstić information content (AvgIpc) is 2.87. The van der Waals surface area contributed by atoms with E-state index in [9.17, 15) is 9.59 Å². The first-order valence-electron chi connectivity index (χ1n) is 6.30. The number of nitrogens with one attached hydrogen (secondary N) is 1. The molecule has 18 heavy (non-hydrogen) atoms. The van der Waals surface area contributed by atoms with Crippen LogP contribution in [0, 0.1) is 5.92 Å². The predicted molar refractivity (Wildman–Crippen MR) is 61.8 cm³/mol. The minimum Gasteiger partial charge on any atom is -0.468 e. The molecule has 6 heteroatoms. The zero-order chi connectivity index (χ0) is 13.0. The molecule has 2 fully saturated rings. The number of rotatable bonds is 3. The van der Waals surface area contributed by atoms with Crippen LogP contribution >= 0.6 is 0 Å². The van der Waals surface area contributed by atoms with Crippen molar-refractivity contribution in [1.29, 1.82) is 0 Å². The molecule has 6 nitrogen and oxygen atoms in total. The molecule has 2 atom stereocenters. The van der Waals surface area contributed by atoms with Crippen molar-refractivity contribution < 1.29 is 23.8 Å². The van der Waals surface area contributed by atoms with Crippen LogP contribution in [0.2, 0.25) is 0 Å². The van der Waals surface area contributed by atoms with Gasteiger partial charge in [0, 0.05) is 26.2 Å². The van der Waals surface area contributed by atoms with Gasteiger partial charge in [-0.1, -0.05) is 0 Å². The molecule has 0 aliphatic carbocycles. The Bertz CT molecular complexity index is 314. The van der Waals surface area contributed by atoms with Crippen molar-refractivity contribution in [2.75, 3.05) is 26.9 Å². The maximum absolute atomic E-state index is 11.9. The van der Waals surface area contributed by atoms with E-state index in [-0.39, 0.29) is 30.0 Å². The molecule has 1 N–H and O–H groups in total. The Morgan fingerprint density at radius 3 is 2.61 bits per heavy atom. The summed E-state index contributed by atoms with van der Waals surface area (Å²) in [6.07, 6.45) is 1.70. The third kappa shape index (κ3) is 3.20. The molecule has 2 rings (SSSR count). The van der Waals surface area contributed by atoms with Crippen LogP contribution in [0.25, 0.3) is 0 Å². The fourth-order valence-corrected chi connectivity index (χ4v) is 2.31. The van der Waals surface area contributed by atoms with Crippen LogP contribution in [-0.2, 0) is 23.8 Å². The summed E-state index contributed by atoms with van der Waals surface area (Å²) >= 11 is 0. The lowest BCUT2D eigenvalue weighted by molar-refractivity contribution is -0.157. The van der Waals surface area contributed by atoms with E-state index in [0.29, 0.717) is 26.2 Å². The topological polar surface area (TPSA) is 73.9 Å². The van der Waals surface area contributed by atoms with Crippen molar-refractivity contribution in [3.63, 3.8) is 0 Å². The molecule has 2 aliphatic rings. The van der Waals surface area contributed by atoms with Crippen LogP contribution in [0.15, 0.2) is 0 Å². The highest BCUT2D eigenvalue weighted by atomic mass is 16.5. The van der Waals surface area contributed by atoms with Gasteiger partial charge in [0.25, 0.3) is 0 Å². The molecule has 2 heterocycles. The molecule has 0 bridgehead atoms. The van der Waals surface area contributed by atoms with Gasteiger partial charge >= 0.3 is 11.9 Å². The smallest absolute Gasteiger partial charge is 0.323 e. The minimum absolute atomic E-state index is 0.0593. The zero-order valence-corrected chi connectivity index (χ0v) is 10.5. The Hall–Kier alpha value is -1.14. The van der Waals surface area contributed by atoms with Gasteiger partial charge in [-0.3, -0.25) is 9.59 Å². The van der Waals surface area contributed by atoms with Crippen LogP contribution in [0.3, 0.4) is 0 Å². The van der Waals surface area contributed by atoms with Crippen LogP contribution in [0.1, 0.15) is 19.3 Å². The number of hydrogen-bond donors (Lipinski definition) is 1. The summed E-state index contributed by atoms with van der Waals surface area (Å²) in [6.45, 7) is 1.75. The summed E-state index contributed by atoms with van der Waals surface area (Å²) in [6, 6.07) is -0.359. The maximum atomic E-state index is 11.9. The summed E-state index contributed by atoms with van der Waals surface area (Å²) in [5, 5.41) is 2.99. The van der Waals surface area contributed by atoms with E-state index in [0.717, 1.165) is 12.8 Å². The van der Waals surface area contributed by atoms with Crippen LogP contribution < -0.4 is 5.32 Å². The fourth-order valence-electron chi connectivity index (χ4n) is 2.31. The summed E-state index contributed by atoms with van der Waals surface area (Å²) < 4.78 is 15.3. The van der Waals surface area contributed by atoms with Gasteiger partial charge in [-0.25, -0.2) is 0 Å². The van der Waals surface area contributed by atoms with Crippen molar-refractivity contribution >= 4 is 11.9 Å². The van der Waals surface area contributed by atoms with Gasteiger partial charge in [0.1, 0.15) is 12.1 Å². The number of esters is 2. The maximum Gasteiger partial charge on any atom is 0.323 e. The van der Waals surface area contributed by atoms with Gasteiger partial charge in [0.2, 0.25) is 0 Å². The molecule has 2 saturated heterocycles. The first kappa shape index (κ1) is 13.3. The number of hydrogen-bond acceptors (Lipinski definition) is 6. The van der Waals surface area contributed by atoms with Gasteiger partial charge in [-0.15, -0.1) is 0 Å². The number of methoxy groups -OCH3 is 1. The van der Waals surface area contributed by atoms with Gasteiger partial charge in [0.05, 0.1) is 13.0 Å². The Morgan fingerprint density at radius 2 is 1.94 bits per heavy atom. The highest BCUT2D eigenvalue weighted by Crippen LogP contribution is 2.19. The lowest BCUT2D eigenvalue weighted by Gasteiger charge is -2.22.